The van der Waals surface area contributed by atoms with Crippen molar-refractivity contribution in [2.45, 2.75) is 55.8 Å². The van der Waals surface area contributed by atoms with E-state index in [0.29, 0.717) is 34.4 Å². The summed E-state index contributed by atoms with van der Waals surface area (Å²) in [7, 11) is 0. The molecule has 1 aromatic heterocycles. The highest BCUT2D eigenvalue weighted by atomic mass is 32.2. The Balaban J connectivity index is 0.973. The fraction of sp³-hybridized carbons (Fsp3) is 0.200. The fourth-order valence-electron chi connectivity index (χ4n) is 6.83. The summed E-state index contributed by atoms with van der Waals surface area (Å²) in [4.78, 5) is 44.8. The molecule has 57 heavy (non-hydrogen) atoms. The van der Waals surface area contributed by atoms with Crippen molar-refractivity contribution < 1.29 is 38.1 Å². The lowest BCUT2D eigenvalue weighted by Gasteiger charge is -2.36. The number of anilines is 1. The number of alkyl carbamates (subject to hydrolysis) is 1. The molecule has 288 valence electrons. The Labute approximate surface area is 333 Å². The number of hydrogen-bond donors (Lipinski definition) is 2. The number of oxazole rings is 1. The lowest BCUT2D eigenvalue weighted by molar-refractivity contribution is -0.245. The Morgan fingerprint density at radius 1 is 0.789 bits per heavy atom. The second kappa shape index (κ2) is 17.4. The first kappa shape index (κ1) is 37.9. The van der Waals surface area contributed by atoms with Crippen LogP contribution in [0.5, 0.6) is 0 Å². The van der Waals surface area contributed by atoms with E-state index >= 15 is 0 Å². The van der Waals surface area contributed by atoms with Crippen molar-refractivity contribution >= 4 is 35.4 Å². The van der Waals surface area contributed by atoms with E-state index in [4.69, 9.17) is 23.6 Å². The predicted molar refractivity (Wildman–Crippen MR) is 214 cm³/mol. The van der Waals surface area contributed by atoms with E-state index < -0.39 is 30.2 Å². The smallest absolute Gasteiger partial charge is 0.408 e. The van der Waals surface area contributed by atoms with E-state index in [1.807, 2.05) is 115 Å². The molecular formula is C45H39N3O8S. The van der Waals surface area contributed by atoms with Crippen molar-refractivity contribution in [2.75, 3.05) is 10.7 Å². The van der Waals surface area contributed by atoms with Crippen molar-refractivity contribution in [3.05, 3.63) is 162 Å². The van der Waals surface area contributed by atoms with Gasteiger partial charge in [-0.25, -0.2) is 14.7 Å². The Kier molecular flexibility index (Phi) is 11.6. The molecule has 3 amide bonds. The second-order valence-corrected chi connectivity index (χ2v) is 14.6. The van der Waals surface area contributed by atoms with Crippen molar-refractivity contribution in [2.24, 2.45) is 0 Å². The number of thioether (sulfide) groups is 1. The maximum atomic E-state index is 13.3. The van der Waals surface area contributed by atoms with Crippen LogP contribution in [0.25, 0.3) is 22.6 Å². The van der Waals surface area contributed by atoms with Crippen molar-refractivity contribution in [1.82, 2.24) is 10.3 Å². The van der Waals surface area contributed by atoms with Gasteiger partial charge in [0.25, 0.3) is 11.1 Å². The molecule has 5 aromatic carbocycles. The number of carbonyl (C=O) groups excluding carboxylic acids is 3. The maximum absolute atomic E-state index is 13.3. The standard InChI is InChI=1S/C45H39N3O8S/c49-26-29-16-18-31(19-17-29)38-24-36(28-57-45-47-40(32-12-6-2-7-13-32)41(56-45)33-14-8-3-9-15-33)54-43(55-38)34-20-22-35(23-21-34)48-39(50)25-37(42(48)51)46-44(52)53-27-30-10-4-1-5-11-30/h1-23,36-38,43,49H,24-28H2,(H,46,52)/t36-,37?,38+,43+/m1/s1. The number of benzene rings is 5. The van der Waals surface area contributed by atoms with Crippen LogP contribution in [-0.2, 0) is 37.0 Å². The van der Waals surface area contributed by atoms with Gasteiger partial charge in [0.05, 0.1) is 30.9 Å². The van der Waals surface area contributed by atoms with Gasteiger partial charge in [-0.15, -0.1) is 0 Å². The Morgan fingerprint density at radius 2 is 1.44 bits per heavy atom. The minimum atomic E-state index is -1.04. The lowest BCUT2D eigenvalue weighted by Crippen LogP contribution is -2.42. The Morgan fingerprint density at radius 3 is 2.12 bits per heavy atom. The first-order valence-corrected chi connectivity index (χ1v) is 19.6. The van der Waals surface area contributed by atoms with Gasteiger partial charge in [-0.05, 0) is 28.8 Å². The summed E-state index contributed by atoms with van der Waals surface area (Å²) >= 11 is 1.47. The highest BCUT2D eigenvalue weighted by Crippen LogP contribution is 2.41. The van der Waals surface area contributed by atoms with Crippen LogP contribution in [-0.4, -0.2) is 45.9 Å². The average Bonchev–Trinajstić information content (AvgIpc) is 3.82. The summed E-state index contributed by atoms with van der Waals surface area (Å²) in [6.07, 6.45) is -1.80. The monoisotopic (exact) mass is 781 g/mol. The molecule has 8 rings (SSSR count). The first-order chi connectivity index (χ1) is 27.9. The maximum Gasteiger partial charge on any atom is 0.408 e. The first-order valence-electron chi connectivity index (χ1n) is 18.6. The van der Waals surface area contributed by atoms with Crippen LogP contribution in [0.2, 0.25) is 0 Å². The summed E-state index contributed by atoms with van der Waals surface area (Å²) in [6, 6.07) is 42.5. The molecule has 2 aliphatic heterocycles. The molecule has 11 nitrogen and oxygen atoms in total. The zero-order chi connectivity index (χ0) is 39.1. The number of amides is 3. The van der Waals surface area contributed by atoms with Crippen molar-refractivity contribution in [3.63, 3.8) is 0 Å². The third-order valence-corrected chi connectivity index (χ3v) is 10.7. The average molecular weight is 782 g/mol. The summed E-state index contributed by atoms with van der Waals surface area (Å²) in [5.41, 5.74) is 6.24. The highest BCUT2D eigenvalue weighted by molar-refractivity contribution is 7.99. The summed E-state index contributed by atoms with van der Waals surface area (Å²) in [5.74, 6) is 0.227. The van der Waals surface area contributed by atoms with Crippen LogP contribution in [0, 0.1) is 0 Å². The van der Waals surface area contributed by atoms with Gasteiger partial charge in [-0.1, -0.05) is 139 Å². The predicted octanol–water partition coefficient (Wildman–Crippen LogP) is 8.40. The van der Waals surface area contributed by atoms with Crippen molar-refractivity contribution in [3.8, 4) is 22.6 Å². The van der Waals surface area contributed by atoms with Crippen LogP contribution in [0.3, 0.4) is 0 Å². The number of hydrogen-bond acceptors (Lipinski definition) is 10. The van der Waals surface area contributed by atoms with Crippen LogP contribution in [0.4, 0.5) is 10.5 Å². The second-order valence-electron chi connectivity index (χ2n) is 13.7. The SMILES string of the molecule is O=C(NC1CC(=O)N(c2ccc([C@H]3O[C@@H](CSc4nc(-c5ccccc5)c(-c5ccccc5)o4)C[C@@H](c4ccc(CO)cc4)O3)cc2)C1=O)OCc1ccccc1. The van der Waals surface area contributed by atoms with Crippen LogP contribution in [0.1, 0.15) is 47.5 Å². The Hall–Kier alpha value is -6.05. The lowest BCUT2D eigenvalue weighted by atomic mass is 10.0. The molecule has 1 unspecified atom stereocenters. The highest BCUT2D eigenvalue weighted by Gasteiger charge is 2.41. The summed E-state index contributed by atoms with van der Waals surface area (Å²) < 4.78 is 24.7. The van der Waals surface area contributed by atoms with E-state index in [1.165, 1.54) is 11.8 Å². The van der Waals surface area contributed by atoms with Gasteiger partial charge in [0.2, 0.25) is 5.91 Å². The third kappa shape index (κ3) is 8.84. The van der Waals surface area contributed by atoms with Gasteiger partial charge in [0, 0.05) is 28.9 Å². The number of aromatic nitrogens is 1. The number of rotatable bonds is 12. The summed E-state index contributed by atoms with van der Waals surface area (Å²) in [5, 5.41) is 12.7. The number of aliphatic hydroxyl groups excluding tert-OH is 1. The third-order valence-electron chi connectivity index (χ3n) is 9.77. The number of ether oxygens (including phenoxy) is 3. The quantitative estimate of drug-likeness (QED) is 0.0919. The molecule has 6 aromatic rings. The molecule has 0 aliphatic carbocycles. The van der Waals surface area contributed by atoms with E-state index in [9.17, 15) is 19.5 Å². The minimum absolute atomic E-state index is 0.0382. The number of nitrogens with one attached hydrogen (secondary N) is 1. The summed E-state index contributed by atoms with van der Waals surface area (Å²) in [6.45, 7) is -0.0249. The van der Waals surface area contributed by atoms with Gasteiger partial charge >= 0.3 is 6.09 Å². The number of nitrogens with zero attached hydrogens (tertiary/aromatic N) is 2. The molecule has 0 saturated carbocycles. The van der Waals surface area contributed by atoms with Gasteiger partial charge in [-0.2, -0.15) is 0 Å². The zero-order valence-electron chi connectivity index (χ0n) is 30.7. The van der Waals surface area contributed by atoms with E-state index in [2.05, 4.69) is 5.32 Å². The van der Waals surface area contributed by atoms with Crippen LogP contribution >= 0.6 is 11.8 Å². The molecule has 3 heterocycles. The number of carbonyl (C=O) groups is 3. The normalized spacial score (nSPS) is 19.4. The Bertz CT molecular complexity index is 2250. The zero-order valence-corrected chi connectivity index (χ0v) is 31.5. The van der Waals surface area contributed by atoms with E-state index in [1.54, 1.807) is 24.3 Å². The minimum Gasteiger partial charge on any atom is -0.445 e. The molecule has 2 saturated heterocycles. The molecule has 2 aliphatic rings. The molecule has 0 bridgehead atoms. The fourth-order valence-corrected chi connectivity index (χ4v) is 7.67. The van der Waals surface area contributed by atoms with Gasteiger partial charge < -0.3 is 29.1 Å². The van der Waals surface area contributed by atoms with Crippen LogP contribution < -0.4 is 10.2 Å². The number of aliphatic hydroxyl groups is 1. The molecule has 0 spiro atoms. The molecule has 4 atom stereocenters. The van der Waals surface area contributed by atoms with Gasteiger partial charge in [-0.3, -0.25) is 9.59 Å². The van der Waals surface area contributed by atoms with Gasteiger partial charge in [0.1, 0.15) is 18.3 Å². The van der Waals surface area contributed by atoms with Crippen molar-refractivity contribution in [1.29, 1.82) is 0 Å². The van der Waals surface area contributed by atoms with E-state index in [0.717, 1.165) is 38.4 Å². The molecule has 2 fully saturated rings. The molecule has 0 radical (unpaired) electrons. The topological polar surface area (TPSA) is 140 Å². The molecular weight excluding hydrogens is 743 g/mol. The molecule has 12 heteroatoms. The van der Waals surface area contributed by atoms with E-state index in [-0.39, 0.29) is 31.8 Å². The van der Waals surface area contributed by atoms with Crippen LogP contribution in [0.15, 0.2) is 149 Å². The number of imide groups is 1. The van der Waals surface area contributed by atoms with Gasteiger partial charge in [0.15, 0.2) is 12.1 Å². The molecule has 2 N–H and O–H groups in total. The largest absolute Gasteiger partial charge is 0.445 e.